The van der Waals surface area contributed by atoms with Crippen molar-refractivity contribution in [2.45, 2.75) is 64.1 Å². The van der Waals surface area contributed by atoms with E-state index in [2.05, 4.69) is 35.9 Å². The fourth-order valence-corrected chi connectivity index (χ4v) is 3.20. The molecule has 0 saturated heterocycles. The Bertz CT molecular complexity index is 447. The molecule has 0 radical (unpaired) electrons. The average molecular weight is 295 g/mol. The number of rotatable bonds is 8. The quantitative estimate of drug-likeness (QED) is 0.800. The average Bonchev–Trinajstić information content (AvgIpc) is 2.85. The number of nitrogens with zero attached hydrogens (tertiary/aromatic N) is 2. The van der Waals surface area contributed by atoms with Gasteiger partial charge in [-0.25, -0.2) is 0 Å². The van der Waals surface area contributed by atoms with E-state index in [9.17, 15) is 0 Å². The molecule has 0 amide bonds. The molecule has 2 rings (SSSR count). The lowest BCUT2D eigenvalue weighted by molar-refractivity contribution is -0.0843. The van der Waals surface area contributed by atoms with Crippen LogP contribution in [0.25, 0.3) is 0 Å². The summed E-state index contributed by atoms with van der Waals surface area (Å²) in [5, 5.41) is 8.09. The van der Waals surface area contributed by atoms with E-state index in [1.165, 1.54) is 6.42 Å². The molecule has 120 valence electrons. The minimum absolute atomic E-state index is 0.0178. The van der Waals surface area contributed by atoms with E-state index in [-0.39, 0.29) is 11.6 Å². The van der Waals surface area contributed by atoms with Crippen molar-refractivity contribution < 1.29 is 9.47 Å². The summed E-state index contributed by atoms with van der Waals surface area (Å²) in [6.07, 6.45) is 6.33. The van der Waals surface area contributed by atoms with Gasteiger partial charge in [-0.1, -0.05) is 6.92 Å². The van der Waals surface area contributed by atoms with Crippen LogP contribution >= 0.6 is 0 Å². The van der Waals surface area contributed by atoms with Crippen molar-refractivity contribution in [2.75, 3.05) is 20.8 Å². The van der Waals surface area contributed by atoms with E-state index in [1.807, 2.05) is 13.3 Å². The van der Waals surface area contributed by atoms with E-state index in [0.29, 0.717) is 6.04 Å². The van der Waals surface area contributed by atoms with Crippen LogP contribution in [0.15, 0.2) is 6.20 Å². The molecule has 0 bridgehead atoms. The Morgan fingerprint density at radius 1 is 1.38 bits per heavy atom. The van der Waals surface area contributed by atoms with Gasteiger partial charge in [0, 0.05) is 13.2 Å². The number of nitrogens with one attached hydrogen (secondary N) is 1. The van der Waals surface area contributed by atoms with Crippen molar-refractivity contribution in [1.82, 2.24) is 15.1 Å². The maximum atomic E-state index is 5.81. The van der Waals surface area contributed by atoms with Gasteiger partial charge < -0.3 is 14.8 Å². The topological polar surface area (TPSA) is 48.3 Å². The summed E-state index contributed by atoms with van der Waals surface area (Å²) < 4.78 is 13.4. The van der Waals surface area contributed by atoms with Gasteiger partial charge in [0.2, 0.25) is 0 Å². The first-order valence-corrected chi connectivity index (χ1v) is 7.97. The van der Waals surface area contributed by atoms with Gasteiger partial charge in [0.1, 0.15) is 0 Å². The molecule has 1 aromatic heterocycles. The number of hydrogen-bond donors (Lipinski definition) is 1. The second-order valence-electron chi connectivity index (χ2n) is 6.19. The molecule has 0 aliphatic heterocycles. The van der Waals surface area contributed by atoms with Crippen LogP contribution in [0.5, 0.6) is 5.75 Å². The Balaban J connectivity index is 2.30. The molecule has 21 heavy (non-hydrogen) atoms. The van der Waals surface area contributed by atoms with E-state index in [0.717, 1.165) is 37.3 Å². The third-order valence-corrected chi connectivity index (χ3v) is 4.56. The summed E-state index contributed by atoms with van der Waals surface area (Å²) in [6.45, 7) is 7.34. The van der Waals surface area contributed by atoms with Gasteiger partial charge in [0.05, 0.1) is 30.6 Å². The normalized spacial score (nSPS) is 18.6. The lowest BCUT2D eigenvalue weighted by Crippen LogP contribution is -2.43. The van der Waals surface area contributed by atoms with E-state index < -0.39 is 0 Å². The van der Waals surface area contributed by atoms with Crippen LogP contribution < -0.4 is 10.1 Å². The molecular formula is C16H29N3O2. The van der Waals surface area contributed by atoms with Crippen molar-refractivity contribution in [3.8, 4) is 5.75 Å². The fourth-order valence-electron chi connectivity index (χ4n) is 3.20. The molecule has 5 heteroatoms. The van der Waals surface area contributed by atoms with Gasteiger partial charge in [0.15, 0.2) is 5.75 Å². The molecule has 1 N–H and O–H groups in total. The second kappa shape index (κ2) is 6.79. The van der Waals surface area contributed by atoms with Crippen LogP contribution in [0.4, 0.5) is 0 Å². The Kier molecular flexibility index (Phi) is 5.27. The standard InChI is InChI=1S/C16H29N3O2/c1-6-17-13(10-16(21-5)8-7-9-16)15-14(20-4)11-18-19(15)12(2)3/h11-13,17H,6-10H2,1-5H3. The molecule has 1 aliphatic carbocycles. The smallest absolute Gasteiger partial charge is 0.161 e. The zero-order valence-corrected chi connectivity index (χ0v) is 14.0. The summed E-state index contributed by atoms with van der Waals surface area (Å²) in [7, 11) is 3.54. The molecule has 1 fully saturated rings. The van der Waals surface area contributed by atoms with E-state index in [1.54, 1.807) is 7.11 Å². The summed E-state index contributed by atoms with van der Waals surface area (Å²) in [6, 6.07) is 0.514. The molecular weight excluding hydrogens is 266 g/mol. The minimum atomic E-state index is 0.0178. The number of aromatic nitrogens is 2. The van der Waals surface area contributed by atoms with Crippen molar-refractivity contribution in [3.63, 3.8) is 0 Å². The van der Waals surface area contributed by atoms with Crippen molar-refractivity contribution in [1.29, 1.82) is 0 Å². The van der Waals surface area contributed by atoms with Gasteiger partial charge in [0.25, 0.3) is 0 Å². The lowest BCUT2D eigenvalue weighted by Gasteiger charge is -2.43. The van der Waals surface area contributed by atoms with Crippen LogP contribution in [0.2, 0.25) is 0 Å². The van der Waals surface area contributed by atoms with Crippen LogP contribution in [-0.2, 0) is 4.74 Å². The SMILES string of the molecule is CCNC(CC1(OC)CCC1)c1c(OC)cnn1C(C)C. The highest BCUT2D eigenvalue weighted by atomic mass is 16.5. The summed E-state index contributed by atoms with van der Waals surface area (Å²) in [5.74, 6) is 0.861. The van der Waals surface area contributed by atoms with Gasteiger partial charge in [-0.15, -0.1) is 0 Å². The Hall–Kier alpha value is -1.07. The van der Waals surface area contributed by atoms with Gasteiger partial charge in [-0.2, -0.15) is 5.10 Å². The molecule has 0 spiro atoms. The molecule has 1 saturated carbocycles. The highest BCUT2D eigenvalue weighted by Crippen LogP contribution is 2.43. The predicted octanol–water partition coefficient (Wildman–Crippen LogP) is 3.08. The van der Waals surface area contributed by atoms with E-state index >= 15 is 0 Å². The Morgan fingerprint density at radius 2 is 2.10 bits per heavy atom. The van der Waals surface area contributed by atoms with Gasteiger partial charge >= 0.3 is 0 Å². The summed E-state index contributed by atoms with van der Waals surface area (Å²) in [5.41, 5.74) is 1.15. The predicted molar refractivity (Wildman–Crippen MR) is 83.8 cm³/mol. The maximum Gasteiger partial charge on any atom is 0.161 e. The van der Waals surface area contributed by atoms with Gasteiger partial charge in [-0.3, -0.25) is 4.68 Å². The molecule has 1 heterocycles. The molecule has 1 aliphatic rings. The van der Waals surface area contributed by atoms with Crippen LogP contribution in [0.1, 0.15) is 64.2 Å². The number of methoxy groups -OCH3 is 2. The monoisotopic (exact) mass is 295 g/mol. The molecule has 1 aromatic rings. The summed E-state index contributed by atoms with van der Waals surface area (Å²) >= 11 is 0. The highest BCUT2D eigenvalue weighted by molar-refractivity contribution is 5.29. The number of ether oxygens (including phenoxy) is 2. The van der Waals surface area contributed by atoms with Crippen LogP contribution in [-0.4, -0.2) is 36.1 Å². The van der Waals surface area contributed by atoms with Crippen LogP contribution in [0, 0.1) is 0 Å². The van der Waals surface area contributed by atoms with Crippen molar-refractivity contribution in [3.05, 3.63) is 11.9 Å². The minimum Gasteiger partial charge on any atom is -0.493 e. The zero-order chi connectivity index (χ0) is 15.5. The molecule has 1 unspecified atom stereocenters. The van der Waals surface area contributed by atoms with E-state index in [4.69, 9.17) is 9.47 Å². The Morgan fingerprint density at radius 3 is 2.52 bits per heavy atom. The first-order chi connectivity index (χ1) is 10.1. The molecule has 0 aromatic carbocycles. The van der Waals surface area contributed by atoms with Crippen molar-refractivity contribution in [2.24, 2.45) is 0 Å². The first-order valence-electron chi connectivity index (χ1n) is 7.97. The van der Waals surface area contributed by atoms with Gasteiger partial charge in [-0.05, 0) is 46.1 Å². The highest BCUT2D eigenvalue weighted by Gasteiger charge is 2.40. The maximum absolute atomic E-state index is 5.81. The largest absolute Gasteiger partial charge is 0.493 e. The lowest BCUT2D eigenvalue weighted by atomic mass is 9.75. The summed E-state index contributed by atoms with van der Waals surface area (Å²) in [4.78, 5) is 0. The number of hydrogen-bond acceptors (Lipinski definition) is 4. The Labute approximate surface area is 128 Å². The second-order valence-corrected chi connectivity index (χ2v) is 6.19. The molecule has 5 nitrogen and oxygen atoms in total. The first kappa shape index (κ1) is 16.3. The molecule has 1 atom stereocenters. The third kappa shape index (κ3) is 3.24. The zero-order valence-electron chi connectivity index (χ0n) is 14.0. The van der Waals surface area contributed by atoms with Crippen molar-refractivity contribution >= 4 is 0 Å². The third-order valence-electron chi connectivity index (χ3n) is 4.56. The van der Waals surface area contributed by atoms with Crippen LogP contribution in [0.3, 0.4) is 0 Å². The fraction of sp³-hybridized carbons (Fsp3) is 0.812.